The number of aliphatic hydroxyl groups is 1. The third-order valence-electron chi connectivity index (χ3n) is 3.44. The lowest BCUT2D eigenvalue weighted by atomic mass is 10.4. The summed E-state index contributed by atoms with van der Waals surface area (Å²) in [7, 11) is -2.47. The first-order chi connectivity index (χ1) is 9.69. The fourth-order valence-electron chi connectivity index (χ4n) is 2.30. The molecule has 2 aromatic carbocycles. The molecule has 0 aliphatic rings. The van der Waals surface area contributed by atoms with E-state index >= 15 is 0 Å². The van der Waals surface area contributed by atoms with Crippen molar-refractivity contribution in [2.45, 2.75) is 6.92 Å². The fraction of sp³-hybridized carbons (Fsp3) is 0.188. The van der Waals surface area contributed by atoms with Crippen molar-refractivity contribution in [2.75, 3.05) is 12.5 Å². The summed E-state index contributed by atoms with van der Waals surface area (Å²) >= 11 is 0. The largest absolute Gasteiger partial charge is 0.469 e. The highest BCUT2D eigenvalue weighted by Gasteiger charge is 2.38. The van der Waals surface area contributed by atoms with Gasteiger partial charge in [0.05, 0.1) is 6.23 Å². The first kappa shape index (κ1) is 14.5. The maximum atomic E-state index is 11.2. The molecule has 0 aromatic heterocycles. The Labute approximate surface area is 119 Å². The molecule has 0 radical (unpaired) electrons. The Balaban J connectivity index is 2.49. The number of esters is 1. The van der Waals surface area contributed by atoms with Gasteiger partial charge >= 0.3 is 5.97 Å². The van der Waals surface area contributed by atoms with Gasteiger partial charge in [-0.2, -0.15) is 0 Å². The van der Waals surface area contributed by atoms with Crippen molar-refractivity contribution >= 4 is 24.4 Å². The van der Waals surface area contributed by atoms with E-state index in [4.69, 9.17) is 4.74 Å². The van der Waals surface area contributed by atoms with Crippen molar-refractivity contribution in [2.24, 2.45) is 0 Å². The second-order valence-electron chi connectivity index (χ2n) is 4.75. The highest BCUT2D eigenvalue weighted by Crippen LogP contribution is 2.06. The van der Waals surface area contributed by atoms with E-state index in [0.29, 0.717) is 0 Å². The molecule has 0 atom stereocenters. The normalized spacial score (nSPS) is 11.1. The average molecular weight is 286 g/mol. The van der Waals surface area contributed by atoms with Gasteiger partial charge in [-0.25, -0.2) is 0 Å². The fourth-order valence-corrected chi connectivity index (χ4v) is 5.53. The number of rotatable bonds is 5. The first-order valence-corrected chi connectivity index (χ1v) is 8.96. The Morgan fingerprint density at radius 1 is 1.00 bits per heavy atom. The van der Waals surface area contributed by atoms with Gasteiger partial charge in [-0.3, -0.25) is 4.79 Å². The molecule has 3 nitrogen and oxygen atoms in total. The Morgan fingerprint density at radius 2 is 1.45 bits per heavy atom. The molecule has 4 heteroatoms. The standard InChI is InChI=1S/C16H18O3Si/c1-14(18)19-13-20(12-17,15-8-4-2-5-9-15)16-10-6-3-7-11-16/h2-11,17H,12-13H2,1H3. The summed E-state index contributed by atoms with van der Waals surface area (Å²) in [5, 5.41) is 12.2. The topological polar surface area (TPSA) is 46.5 Å². The molecule has 0 aliphatic carbocycles. The molecule has 0 bridgehead atoms. The number of hydrogen-bond donors (Lipinski definition) is 1. The predicted octanol–water partition coefficient (Wildman–Crippen LogP) is 0.883. The van der Waals surface area contributed by atoms with Crippen LogP contribution in [-0.4, -0.2) is 31.6 Å². The van der Waals surface area contributed by atoms with Crippen LogP contribution in [0.5, 0.6) is 0 Å². The maximum Gasteiger partial charge on any atom is 0.302 e. The Bertz CT molecular complexity index is 515. The monoisotopic (exact) mass is 286 g/mol. The molecule has 20 heavy (non-hydrogen) atoms. The zero-order valence-electron chi connectivity index (χ0n) is 11.5. The molecule has 1 N–H and O–H groups in total. The van der Waals surface area contributed by atoms with Gasteiger partial charge in [0.2, 0.25) is 0 Å². The van der Waals surface area contributed by atoms with Gasteiger partial charge in [0.25, 0.3) is 0 Å². The quantitative estimate of drug-likeness (QED) is 0.656. The third-order valence-corrected chi connectivity index (χ3v) is 7.50. The van der Waals surface area contributed by atoms with Gasteiger partial charge in [0, 0.05) is 13.2 Å². The molecule has 0 fully saturated rings. The lowest BCUT2D eigenvalue weighted by Crippen LogP contribution is -2.65. The van der Waals surface area contributed by atoms with E-state index in [1.807, 2.05) is 60.7 Å². The van der Waals surface area contributed by atoms with Crippen molar-refractivity contribution in [3.8, 4) is 0 Å². The predicted molar refractivity (Wildman–Crippen MR) is 81.6 cm³/mol. The molecule has 0 saturated heterocycles. The summed E-state index contributed by atoms with van der Waals surface area (Å²) in [5.41, 5.74) is 0. The van der Waals surface area contributed by atoms with Crippen LogP contribution in [0.25, 0.3) is 0 Å². The third kappa shape index (κ3) is 2.97. The molecule has 0 spiro atoms. The molecule has 0 heterocycles. The van der Waals surface area contributed by atoms with Gasteiger partial charge < -0.3 is 9.84 Å². The van der Waals surface area contributed by atoms with Crippen molar-refractivity contribution in [1.82, 2.24) is 0 Å². The molecular weight excluding hydrogens is 268 g/mol. The Morgan fingerprint density at radius 3 is 1.80 bits per heavy atom. The maximum absolute atomic E-state index is 11.2. The zero-order valence-corrected chi connectivity index (χ0v) is 12.5. The summed E-state index contributed by atoms with van der Waals surface area (Å²) in [5.74, 6) is -0.317. The lowest BCUT2D eigenvalue weighted by Gasteiger charge is -2.30. The number of carbonyl (C=O) groups is 1. The van der Waals surface area contributed by atoms with Gasteiger partial charge in [-0.15, -0.1) is 0 Å². The van der Waals surface area contributed by atoms with Crippen molar-refractivity contribution in [3.63, 3.8) is 0 Å². The molecule has 2 aromatic rings. The van der Waals surface area contributed by atoms with E-state index in [1.165, 1.54) is 6.92 Å². The minimum Gasteiger partial charge on any atom is -0.469 e. The SMILES string of the molecule is CC(=O)OC[Si](CO)(c1ccccc1)c1ccccc1. The minimum absolute atomic E-state index is 0.00824. The molecule has 2 rings (SSSR count). The van der Waals surface area contributed by atoms with E-state index in [2.05, 4.69) is 0 Å². The molecule has 0 unspecified atom stereocenters. The van der Waals surface area contributed by atoms with Gasteiger partial charge in [0.15, 0.2) is 8.07 Å². The molecule has 0 saturated carbocycles. The van der Waals surface area contributed by atoms with Gasteiger partial charge in [-0.05, 0) is 10.4 Å². The minimum atomic E-state index is -2.47. The van der Waals surface area contributed by atoms with Crippen LogP contribution in [0.2, 0.25) is 0 Å². The summed E-state index contributed by atoms with van der Waals surface area (Å²) in [6.45, 7) is 1.40. The second kappa shape index (κ2) is 6.50. The molecule has 0 amide bonds. The van der Waals surface area contributed by atoms with Crippen molar-refractivity contribution < 1.29 is 14.6 Å². The van der Waals surface area contributed by atoms with Crippen LogP contribution >= 0.6 is 0 Å². The molecular formula is C16H18O3Si. The molecule has 104 valence electrons. The molecule has 0 aliphatic heterocycles. The first-order valence-electron chi connectivity index (χ1n) is 6.54. The number of benzene rings is 2. The van der Waals surface area contributed by atoms with E-state index in [1.54, 1.807) is 0 Å². The van der Waals surface area contributed by atoms with Crippen LogP contribution < -0.4 is 10.4 Å². The van der Waals surface area contributed by atoms with Crippen LogP contribution in [0.15, 0.2) is 60.7 Å². The van der Waals surface area contributed by atoms with Crippen LogP contribution in [0.4, 0.5) is 0 Å². The van der Waals surface area contributed by atoms with Crippen LogP contribution in [0, 0.1) is 0 Å². The average Bonchev–Trinajstić information content (AvgIpc) is 2.50. The zero-order chi connectivity index (χ0) is 14.4. The summed E-state index contributed by atoms with van der Waals surface area (Å²) < 4.78 is 5.27. The summed E-state index contributed by atoms with van der Waals surface area (Å²) in [4.78, 5) is 11.2. The van der Waals surface area contributed by atoms with Crippen molar-refractivity contribution in [1.29, 1.82) is 0 Å². The van der Waals surface area contributed by atoms with E-state index in [0.717, 1.165) is 10.4 Å². The highest BCUT2D eigenvalue weighted by atomic mass is 28.3. The second-order valence-corrected chi connectivity index (χ2v) is 8.68. The van der Waals surface area contributed by atoms with E-state index < -0.39 is 8.07 Å². The Kier molecular flexibility index (Phi) is 4.71. The lowest BCUT2D eigenvalue weighted by molar-refractivity contribution is -0.139. The van der Waals surface area contributed by atoms with Gasteiger partial charge in [0.1, 0.15) is 0 Å². The van der Waals surface area contributed by atoms with Crippen molar-refractivity contribution in [3.05, 3.63) is 60.7 Å². The summed E-state index contributed by atoms with van der Waals surface area (Å²) in [6, 6.07) is 19.7. The highest BCUT2D eigenvalue weighted by molar-refractivity contribution is 7.02. The van der Waals surface area contributed by atoms with E-state index in [9.17, 15) is 9.90 Å². The van der Waals surface area contributed by atoms with Crippen LogP contribution in [0.3, 0.4) is 0 Å². The van der Waals surface area contributed by atoms with Crippen LogP contribution in [-0.2, 0) is 9.53 Å². The van der Waals surface area contributed by atoms with Crippen LogP contribution in [0.1, 0.15) is 6.92 Å². The number of hydrogen-bond acceptors (Lipinski definition) is 3. The smallest absolute Gasteiger partial charge is 0.302 e. The van der Waals surface area contributed by atoms with Gasteiger partial charge in [-0.1, -0.05) is 60.7 Å². The van der Waals surface area contributed by atoms with E-state index in [-0.39, 0.29) is 18.4 Å². The number of ether oxygens (including phenoxy) is 1. The Hall–Kier alpha value is -1.91. The number of aliphatic hydroxyl groups excluding tert-OH is 1. The number of carbonyl (C=O) groups excluding carboxylic acids is 1. The summed E-state index contributed by atoms with van der Waals surface area (Å²) in [6.07, 6.45) is 0.265.